The fourth-order valence-electron chi connectivity index (χ4n) is 2.21. The number of nitrogens with zero attached hydrogens (tertiary/aromatic N) is 1. The molecule has 1 aromatic heterocycles. The van der Waals surface area contributed by atoms with Crippen LogP contribution < -0.4 is 5.73 Å². The molecule has 2 N–H and O–H groups in total. The fourth-order valence-corrected chi connectivity index (χ4v) is 4.54. The monoisotopic (exact) mass is 256 g/mol. The Morgan fingerprint density at radius 3 is 2.88 bits per heavy atom. The molecule has 2 unspecified atom stereocenters. The Bertz CT molecular complexity index is 332. The van der Waals surface area contributed by atoms with Gasteiger partial charge in [-0.15, -0.1) is 11.3 Å². The van der Waals surface area contributed by atoms with E-state index in [1.54, 1.807) is 0 Å². The van der Waals surface area contributed by atoms with E-state index in [1.165, 1.54) is 27.7 Å². The van der Waals surface area contributed by atoms with Crippen LogP contribution in [0, 0.1) is 6.92 Å². The van der Waals surface area contributed by atoms with E-state index in [-0.39, 0.29) is 0 Å². The van der Waals surface area contributed by atoms with Crippen molar-refractivity contribution in [2.45, 2.75) is 25.4 Å². The van der Waals surface area contributed by atoms with Crippen LogP contribution in [0.15, 0.2) is 12.1 Å². The summed E-state index contributed by atoms with van der Waals surface area (Å²) in [4.78, 5) is 5.27. The Morgan fingerprint density at radius 2 is 2.38 bits per heavy atom. The lowest BCUT2D eigenvalue weighted by Crippen LogP contribution is -2.38. The predicted octanol–water partition coefficient (Wildman–Crippen LogP) is 2.49. The van der Waals surface area contributed by atoms with E-state index in [0.29, 0.717) is 12.1 Å². The normalized spacial score (nSPS) is 22.9. The summed E-state index contributed by atoms with van der Waals surface area (Å²) in [6, 6.07) is 5.54. The summed E-state index contributed by atoms with van der Waals surface area (Å²) in [6.07, 6.45) is 1.31. The third kappa shape index (κ3) is 2.62. The molecule has 4 heteroatoms. The van der Waals surface area contributed by atoms with Crippen LogP contribution in [0.1, 0.15) is 22.2 Å². The van der Waals surface area contributed by atoms with Gasteiger partial charge in [0.25, 0.3) is 0 Å². The van der Waals surface area contributed by atoms with Gasteiger partial charge in [0, 0.05) is 28.1 Å². The highest BCUT2D eigenvalue weighted by Gasteiger charge is 2.26. The molecule has 2 rings (SSSR count). The first-order valence-electron chi connectivity index (χ1n) is 5.78. The molecule has 2 atom stereocenters. The molecule has 0 bridgehead atoms. The largest absolute Gasteiger partial charge is 0.329 e. The highest BCUT2D eigenvalue weighted by atomic mass is 32.2. The van der Waals surface area contributed by atoms with E-state index in [4.69, 9.17) is 5.73 Å². The van der Waals surface area contributed by atoms with E-state index in [2.05, 4.69) is 42.8 Å². The van der Waals surface area contributed by atoms with Crippen molar-refractivity contribution in [2.24, 2.45) is 5.73 Å². The molecule has 90 valence electrons. The van der Waals surface area contributed by atoms with Crippen LogP contribution in [-0.2, 0) is 0 Å². The van der Waals surface area contributed by atoms with Gasteiger partial charge in [0.1, 0.15) is 0 Å². The Balaban J connectivity index is 2.09. The second kappa shape index (κ2) is 5.54. The molecule has 2 nitrogen and oxygen atoms in total. The minimum Gasteiger partial charge on any atom is -0.329 e. The van der Waals surface area contributed by atoms with Crippen molar-refractivity contribution < 1.29 is 0 Å². The van der Waals surface area contributed by atoms with Gasteiger partial charge < -0.3 is 5.73 Å². The number of nitrogens with two attached hydrogens (primary N) is 1. The molecule has 16 heavy (non-hydrogen) atoms. The Kier molecular flexibility index (Phi) is 4.30. The van der Waals surface area contributed by atoms with E-state index in [1.807, 2.05) is 11.3 Å². The maximum Gasteiger partial charge on any atom is 0.0564 e. The van der Waals surface area contributed by atoms with Gasteiger partial charge in [0.15, 0.2) is 0 Å². The van der Waals surface area contributed by atoms with Crippen LogP contribution in [0.5, 0.6) is 0 Å². The lowest BCUT2D eigenvalue weighted by Gasteiger charge is -2.31. The van der Waals surface area contributed by atoms with Crippen LogP contribution in [0.3, 0.4) is 0 Å². The van der Waals surface area contributed by atoms with Crippen molar-refractivity contribution in [3.05, 3.63) is 21.9 Å². The van der Waals surface area contributed by atoms with Gasteiger partial charge in [0.05, 0.1) is 6.04 Å². The number of likely N-dealkylation sites (N-methyl/N-ethyl adjacent to an activating group) is 1. The first-order valence-corrected chi connectivity index (χ1v) is 7.75. The molecule has 0 aromatic carbocycles. The average molecular weight is 256 g/mol. The van der Waals surface area contributed by atoms with Gasteiger partial charge in [-0.25, -0.2) is 0 Å². The van der Waals surface area contributed by atoms with Crippen LogP contribution >= 0.6 is 23.1 Å². The van der Waals surface area contributed by atoms with Gasteiger partial charge >= 0.3 is 0 Å². The lowest BCUT2D eigenvalue weighted by molar-refractivity contribution is 0.195. The fraction of sp³-hybridized carbons (Fsp3) is 0.667. The van der Waals surface area contributed by atoms with Crippen LogP contribution in [-0.4, -0.2) is 36.0 Å². The van der Waals surface area contributed by atoms with Crippen molar-refractivity contribution in [1.29, 1.82) is 0 Å². The molecule has 0 spiro atoms. The molecule has 1 aliphatic heterocycles. The van der Waals surface area contributed by atoms with Gasteiger partial charge in [-0.1, -0.05) is 0 Å². The lowest BCUT2D eigenvalue weighted by atomic mass is 10.1. The van der Waals surface area contributed by atoms with Crippen molar-refractivity contribution in [3.63, 3.8) is 0 Å². The van der Waals surface area contributed by atoms with Crippen molar-refractivity contribution in [3.8, 4) is 0 Å². The van der Waals surface area contributed by atoms with Gasteiger partial charge in [-0.2, -0.15) is 11.8 Å². The van der Waals surface area contributed by atoms with Crippen LogP contribution in [0.2, 0.25) is 0 Å². The second-order valence-electron chi connectivity index (χ2n) is 4.38. The summed E-state index contributed by atoms with van der Waals surface area (Å²) in [6.45, 7) is 2.88. The third-order valence-electron chi connectivity index (χ3n) is 3.29. The van der Waals surface area contributed by atoms with Crippen LogP contribution in [0.4, 0.5) is 0 Å². The number of rotatable bonds is 4. The molecular formula is C12H20N2S2. The third-order valence-corrected chi connectivity index (χ3v) is 5.53. The van der Waals surface area contributed by atoms with E-state index < -0.39 is 0 Å². The first-order chi connectivity index (χ1) is 7.72. The standard InChI is InChI=1S/C12H20N2S2/c1-9-3-4-12(16-9)11(7-13)14(2)10-5-6-15-8-10/h3-4,10-11H,5-8,13H2,1-2H3. The maximum absolute atomic E-state index is 5.94. The summed E-state index contributed by atoms with van der Waals surface area (Å²) in [7, 11) is 2.23. The van der Waals surface area contributed by atoms with Gasteiger partial charge in [-0.05, 0) is 38.3 Å². The van der Waals surface area contributed by atoms with Gasteiger partial charge in [-0.3, -0.25) is 4.90 Å². The Labute approximate surface area is 106 Å². The van der Waals surface area contributed by atoms with Crippen molar-refractivity contribution >= 4 is 23.1 Å². The van der Waals surface area contributed by atoms with Crippen molar-refractivity contribution in [2.75, 3.05) is 25.1 Å². The topological polar surface area (TPSA) is 29.3 Å². The number of hydrogen-bond acceptors (Lipinski definition) is 4. The first kappa shape index (κ1) is 12.4. The summed E-state index contributed by atoms with van der Waals surface area (Å²) < 4.78 is 0. The molecule has 1 fully saturated rings. The Morgan fingerprint density at radius 1 is 1.56 bits per heavy atom. The molecule has 2 heterocycles. The van der Waals surface area contributed by atoms with E-state index in [9.17, 15) is 0 Å². The number of hydrogen-bond donors (Lipinski definition) is 1. The molecule has 1 aromatic rings. The minimum atomic E-state index is 0.405. The maximum atomic E-state index is 5.94. The molecule has 1 aliphatic rings. The highest BCUT2D eigenvalue weighted by Crippen LogP contribution is 2.31. The number of thiophene rings is 1. The summed E-state index contributed by atoms with van der Waals surface area (Å²) in [5.74, 6) is 2.56. The van der Waals surface area contributed by atoms with E-state index >= 15 is 0 Å². The molecule has 0 saturated carbocycles. The molecular weight excluding hydrogens is 236 g/mol. The molecule has 0 amide bonds. The second-order valence-corrected chi connectivity index (χ2v) is 6.85. The Hall–Kier alpha value is -0.0300. The molecule has 1 saturated heterocycles. The number of aryl methyl sites for hydroxylation is 1. The summed E-state index contributed by atoms with van der Waals surface area (Å²) >= 11 is 3.94. The van der Waals surface area contributed by atoms with Crippen molar-refractivity contribution in [1.82, 2.24) is 4.90 Å². The highest BCUT2D eigenvalue weighted by molar-refractivity contribution is 7.99. The zero-order valence-electron chi connectivity index (χ0n) is 9.98. The number of thioether (sulfide) groups is 1. The zero-order chi connectivity index (χ0) is 11.5. The predicted molar refractivity (Wildman–Crippen MR) is 74.3 cm³/mol. The van der Waals surface area contributed by atoms with E-state index in [0.717, 1.165) is 6.54 Å². The summed E-state index contributed by atoms with van der Waals surface area (Å²) in [5.41, 5.74) is 5.94. The van der Waals surface area contributed by atoms with Crippen LogP contribution in [0.25, 0.3) is 0 Å². The zero-order valence-corrected chi connectivity index (χ0v) is 11.6. The minimum absolute atomic E-state index is 0.405. The van der Waals surface area contributed by atoms with Gasteiger partial charge in [0.2, 0.25) is 0 Å². The molecule has 0 radical (unpaired) electrons. The smallest absolute Gasteiger partial charge is 0.0564 e. The quantitative estimate of drug-likeness (QED) is 0.897. The average Bonchev–Trinajstić information content (AvgIpc) is 2.90. The summed E-state index contributed by atoms with van der Waals surface area (Å²) in [5, 5.41) is 0. The molecule has 0 aliphatic carbocycles. The SMILES string of the molecule is Cc1ccc(C(CN)N(C)C2CCSC2)s1.